The Kier molecular flexibility index (Phi) is 4.67. The number of amidine groups is 1. The Morgan fingerprint density at radius 1 is 1.24 bits per heavy atom. The normalized spacial score (nSPS) is 18.9. The molecule has 0 saturated heterocycles. The lowest BCUT2D eigenvalue weighted by Crippen LogP contribution is -2.55. The smallest absolute Gasteiger partial charge is 0.241 e. The highest BCUT2D eigenvalue weighted by molar-refractivity contribution is 7.89. The first-order chi connectivity index (χ1) is 9.79. The van der Waals surface area contributed by atoms with E-state index in [4.69, 9.17) is 34.1 Å². The second kappa shape index (κ2) is 6.00. The van der Waals surface area contributed by atoms with Crippen LogP contribution >= 0.6 is 23.2 Å². The van der Waals surface area contributed by atoms with E-state index in [1.807, 2.05) is 0 Å². The van der Waals surface area contributed by atoms with E-state index in [2.05, 4.69) is 9.88 Å². The van der Waals surface area contributed by atoms with Crippen LogP contribution in [0.3, 0.4) is 0 Å². The fourth-order valence-corrected chi connectivity index (χ4v) is 4.65. The van der Waals surface area contributed by atoms with E-state index in [1.54, 1.807) is 0 Å². The Morgan fingerprint density at radius 2 is 1.76 bits per heavy atom. The van der Waals surface area contributed by atoms with Crippen molar-refractivity contribution < 1.29 is 13.6 Å². The van der Waals surface area contributed by atoms with Crippen LogP contribution in [0.2, 0.25) is 10.0 Å². The summed E-state index contributed by atoms with van der Waals surface area (Å²) in [5, 5.41) is 12.3. The molecule has 0 aromatic heterocycles. The van der Waals surface area contributed by atoms with Gasteiger partial charge in [-0.1, -0.05) is 41.2 Å². The fraction of sp³-hybridized carbons (Fsp3) is 0.417. The third kappa shape index (κ3) is 3.42. The van der Waals surface area contributed by atoms with Crippen LogP contribution in [-0.2, 0) is 10.0 Å². The summed E-state index contributed by atoms with van der Waals surface area (Å²) in [6, 6.07) is 4.03. The Balaban J connectivity index is 2.40. The molecule has 0 spiro atoms. The predicted octanol–water partition coefficient (Wildman–Crippen LogP) is 2.33. The maximum absolute atomic E-state index is 12.5. The van der Waals surface area contributed by atoms with Gasteiger partial charge in [0.25, 0.3) is 0 Å². The molecule has 0 atom stereocenters. The van der Waals surface area contributed by atoms with Crippen molar-refractivity contribution in [3.63, 3.8) is 0 Å². The molecule has 0 amide bonds. The molecule has 6 nitrogen and oxygen atoms in total. The lowest BCUT2D eigenvalue weighted by Gasteiger charge is -2.28. The SMILES string of the molecule is N/C(=N/O)C1(NS(=O)(=O)c2cc(Cl)cc(Cl)c2)CCCC1. The Hall–Kier alpha value is -1.02. The van der Waals surface area contributed by atoms with Crippen molar-refractivity contribution in [3.05, 3.63) is 28.2 Å². The van der Waals surface area contributed by atoms with Gasteiger partial charge in [-0.15, -0.1) is 0 Å². The minimum atomic E-state index is -3.89. The molecule has 9 heteroatoms. The maximum atomic E-state index is 12.5. The first kappa shape index (κ1) is 16.4. The molecule has 0 heterocycles. The fourth-order valence-electron chi connectivity index (χ4n) is 2.48. The van der Waals surface area contributed by atoms with Crippen LogP contribution in [0.4, 0.5) is 0 Å². The summed E-state index contributed by atoms with van der Waals surface area (Å²) in [6.07, 6.45) is 2.51. The molecule has 0 radical (unpaired) electrons. The summed E-state index contributed by atoms with van der Waals surface area (Å²) in [5.74, 6) is -0.142. The highest BCUT2D eigenvalue weighted by Gasteiger charge is 2.42. The Bertz CT molecular complexity index is 650. The topological polar surface area (TPSA) is 105 Å². The molecule has 0 unspecified atom stereocenters. The maximum Gasteiger partial charge on any atom is 0.241 e. The molecule has 2 rings (SSSR count). The molecule has 21 heavy (non-hydrogen) atoms. The zero-order valence-corrected chi connectivity index (χ0v) is 13.3. The summed E-state index contributed by atoms with van der Waals surface area (Å²) in [6.45, 7) is 0. The zero-order valence-electron chi connectivity index (χ0n) is 11.0. The van der Waals surface area contributed by atoms with E-state index in [9.17, 15) is 8.42 Å². The minimum Gasteiger partial charge on any atom is -0.409 e. The number of nitrogens with one attached hydrogen (secondary N) is 1. The second-order valence-corrected chi connectivity index (χ2v) is 7.54. The summed E-state index contributed by atoms with van der Waals surface area (Å²) in [7, 11) is -3.89. The molecule has 1 aromatic carbocycles. The number of halogens is 2. The van der Waals surface area contributed by atoms with Crippen LogP contribution in [0.1, 0.15) is 25.7 Å². The first-order valence-electron chi connectivity index (χ1n) is 6.27. The largest absolute Gasteiger partial charge is 0.409 e. The van der Waals surface area contributed by atoms with Crippen LogP contribution < -0.4 is 10.5 Å². The molecule has 1 saturated carbocycles. The number of oxime groups is 1. The molecule has 0 bridgehead atoms. The van der Waals surface area contributed by atoms with Gasteiger partial charge in [0.15, 0.2) is 5.84 Å². The summed E-state index contributed by atoms with van der Waals surface area (Å²) >= 11 is 11.7. The van der Waals surface area contributed by atoms with Gasteiger partial charge in [0.2, 0.25) is 10.0 Å². The molecular formula is C12H15Cl2N3O3S. The predicted molar refractivity (Wildman–Crippen MR) is 81.4 cm³/mol. The highest BCUT2D eigenvalue weighted by atomic mass is 35.5. The Labute approximate surface area is 133 Å². The van der Waals surface area contributed by atoms with Gasteiger partial charge in [-0.2, -0.15) is 4.72 Å². The average Bonchev–Trinajstić information content (AvgIpc) is 2.85. The van der Waals surface area contributed by atoms with Crippen LogP contribution in [0, 0.1) is 0 Å². The van der Waals surface area contributed by atoms with Gasteiger partial charge >= 0.3 is 0 Å². The Morgan fingerprint density at radius 3 is 2.24 bits per heavy atom. The van der Waals surface area contributed by atoms with Crippen molar-refractivity contribution >= 4 is 39.1 Å². The van der Waals surface area contributed by atoms with Crippen molar-refractivity contribution in [2.45, 2.75) is 36.1 Å². The van der Waals surface area contributed by atoms with Crippen LogP contribution in [0.5, 0.6) is 0 Å². The second-order valence-electron chi connectivity index (χ2n) is 4.99. The number of rotatable bonds is 4. The number of hydrogen-bond acceptors (Lipinski definition) is 4. The molecule has 1 aliphatic carbocycles. The van der Waals surface area contributed by atoms with Gasteiger partial charge in [-0.3, -0.25) is 0 Å². The van der Waals surface area contributed by atoms with Gasteiger partial charge in [-0.25, -0.2) is 8.42 Å². The van der Waals surface area contributed by atoms with Crippen molar-refractivity contribution in [2.24, 2.45) is 10.9 Å². The number of benzene rings is 1. The number of sulfonamides is 1. The van der Waals surface area contributed by atoms with Crippen molar-refractivity contribution in [2.75, 3.05) is 0 Å². The van der Waals surface area contributed by atoms with Gasteiger partial charge in [0, 0.05) is 10.0 Å². The number of nitrogens with two attached hydrogens (primary N) is 1. The molecule has 4 N–H and O–H groups in total. The molecule has 0 aliphatic heterocycles. The molecular weight excluding hydrogens is 337 g/mol. The lowest BCUT2D eigenvalue weighted by molar-refractivity contribution is 0.309. The molecule has 1 fully saturated rings. The van der Waals surface area contributed by atoms with Crippen molar-refractivity contribution in [1.29, 1.82) is 0 Å². The van der Waals surface area contributed by atoms with E-state index in [1.165, 1.54) is 18.2 Å². The third-order valence-corrected chi connectivity index (χ3v) is 5.48. The van der Waals surface area contributed by atoms with E-state index < -0.39 is 15.6 Å². The molecule has 1 aliphatic rings. The van der Waals surface area contributed by atoms with Gasteiger partial charge < -0.3 is 10.9 Å². The van der Waals surface area contributed by atoms with Crippen LogP contribution in [-0.4, -0.2) is 25.0 Å². The first-order valence-corrected chi connectivity index (χ1v) is 8.51. The zero-order chi connectivity index (χ0) is 15.7. The van der Waals surface area contributed by atoms with Gasteiger partial charge in [0.05, 0.1) is 10.4 Å². The van der Waals surface area contributed by atoms with Crippen molar-refractivity contribution in [3.8, 4) is 0 Å². The quantitative estimate of drug-likeness (QED) is 0.335. The summed E-state index contributed by atoms with van der Waals surface area (Å²) in [4.78, 5) is -0.0583. The van der Waals surface area contributed by atoms with Gasteiger partial charge in [-0.05, 0) is 31.0 Å². The van der Waals surface area contributed by atoms with Crippen LogP contribution in [0.25, 0.3) is 0 Å². The molecule has 116 valence electrons. The lowest BCUT2D eigenvalue weighted by atomic mass is 9.98. The third-order valence-electron chi connectivity index (χ3n) is 3.53. The van der Waals surface area contributed by atoms with E-state index in [0.29, 0.717) is 12.8 Å². The number of hydrogen-bond donors (Lipinski definition) is 3. The van der Waals surface area contributed by atoms with Crippen LogP contribution in [0.15, 0.2) is 28.3 Å². The minimum absolute atomic E-state index is 0.0583. The van der Waals surface area contributed by atoms with E-state index in [0.717, 1.165) is 12.8 Å². The standard InChI is InChI=1S/C12H15Cl2N3O3S/c13-8-5-9(14)7-10(6-8)21(19,20)17-12(11(15)16-18)3-1-2-4-12/h5-7,17-18H,1-4H2,(H2,15,16). The van der Waals surface area contributed by atoms with E-state index in [-0.39, 0.29) is 20.8 Å². The molecule has 1 aromatic rings. The van der Waals surface area contributed by atoms with E-state index >= 15 is 0 Å². The van der Waals surface area contributed by atoms with Crippen molar-refractivity contribution in [1.82, 2.24) is 4.72 Å². The highest BCUT2D eigenvalue weighted by Crippen LogP contribution is 2.32. The van der Waals surface area contributed by atoms with Gasteiger partial charge in [0.1, 0.15) is 0 Å². The summed E-state index contributed by atoms with van der Waals surface area (Å²) in [5.41, 5.74) is 4.61. The summed E-state index contributed by atoms with van der Waals surface area (Å²) < 4.78 is 27.5. The monoisotopic (exact) mass is 351 g/mol. The number of nitrogens with zero attached hydrogens (tertiary/aromatic N) is 1. The average molecular weight is 352 g/mol.